The zero-order chi connectivity index (χ0) is 27.0. The van der Waals surface area contributed by atoms with E-state index in [1.54, 1.807) is 12.1 Å². The second-order valence-corrected chi connectivity index (χ2v) is 9.78. The minimum Gasteiger partial charge on any atom is -0.350 e. The van der Waals surface area contributed by atoms with Gasteiger partial charge in [0.2, 0.25) is 11.7 Å². The molecule has 0 bridgehead atoms. The molecule has 2 N–H and O–H groups in total. The molecule has 4 aromatic rings. The molecule has 37 heavy (non-hydrogen) atoms. The van der Waals surface area contributed by atoms with Crippen LogP contribution in [0.3, 0.4) is 0 Å². The highest BCUT2D eigenvalue weighted by Gasteiger charge is 2.21. The maximum Gasteiger partial charge on any atom is 0.352 e. The van der Waals surface area contributed by atoms with E-state index in [9.17, 15) is 19.2 Å². The molecule has 0 aliphatic rings. The van der Waals surface area contributed by atoms with Crippen LogP contribution in [-0.2, 0) is 11.3 Å². The fourth-order valence-corrected chi connectivity index (χ4v) is 4.38. The Labute approximate surface area is 213 Å². The van der Waals surface area contributed by atoms with Gasteiger partial charge in [-0.1, -0.05) is 13.0 Å². The Morgan fingerprint density at radius 1 is 1.00 bits per heavy atom. The van der Waals surface area contributed by atoms with Gasteiger partial charge in [0.1, 0.15) is 6.54 Å². The van der Waals surface area contributed by atoms with E-state index in [1.165, 1.54) is 15.0 Å². The summed E-state index contributed by atoms with van der Waals surface area (Å²) in [6.45, 7) is 11.0. The summed E-state index contributed by atoms with van der Waals surface area (Å²) in [5, 5.41) is 10.4. The number of aromatic nitrogens is 4. The molecule has 0 aliphatic heterocycles. The van der Waals surface area contributed by atoms with Gasteiger partial charge in [-0.15, -0.1) is 5.10 Å². The molecule has 0 spiro atoms. The summed E-state index contributed by atoms with van der Waals surface area (Å²) in [5.74, 6) is -0.617. The van der Waals surface area contributed by atoms with E-state index in [4.69, 9.17) is 0 Å². The fourth-order valence-electron chi connectivity index (χ4n) is 4.38. The Bertz CT molecular complexity index is 1620. The quantitative estimate of drug-likeness (QED) is 0.401. The third-order valence-corrected chi connectivity index (χ3v) is 6.29. The summed E-state index contributed by atoms with van der Waals surface area (Å²) in [4.78, 5) is 52.4. The summed E-state index contributed by atoms with van der Waals surface area (Å²) >= 11 is 0. The van der Waals surface area contributed by atoms with Crippen molar-refractivity contribution in [3.05, 3.63) is 73.9 Å². The smallest absolute Gasteiger partial charge is 0.350 e. The van der Waals surface area contributed by atoms with Gasteiger partial charge in [-0.2, -0.15) is 0 Å². The summed E-state index contributed by atoms with van der Waals surface area (Å²) in [5.41, 5.74) is 2.30. The third kappa shape index (κ3) is 5.04. The fraction of sp³-hybridized carbons (Fsp3) is 0.370. The number of hydrogen-bond donors (Lipinski definition) is 2. The zero-order valence-electron chi connectivity index (χ0n) is 22.0. The molecule has 2 heterocycles. The van der Waals surface area contributed by atoms with Crippen molar-refractivity contribution in [2.45, 2.75) is 66.6 Å². The number of fused-ring (bicyclic) bond motifs is 3. The summed E-state index contributed by atoms with van der Waals surface area (Å²) in [7, 11) is 0. The van der Waals surface area contributed by atoms with Crippen LogP contribution in [0.1, 0.15) is 61.6 Å². The average molecular weight is 505 g/mol. The van der Waals surface area contributed by atoms with Crippen molar-refractivity contribution in [1.82, 2.24) is 24.1 Å². The number of carbonyl (C=O) groups excluding carboxylic acids is 2. The normalized spacial score (nSPS) is 12.3. The molecule has 10 heteroatoms. The number of nitrogens with one attached hydrogen (secondary N) is 2. The van der Waals surface area contributed by atoms with Crippen molar-refractivity contribution in [2.24, 2.45) is 0 Å². The van der Waals surface area contributed by atoms with E-state index in [1.807, 2.05) is 59.7 Å². The largest absolute Gasteiger partial charge is 0.352 e. The second kappa shape index (κ2) is 10.0. The molecule has 0 radical (unpaired) electrons. The van der Waals surface area contributed by atoms with Gasteiger partial charge in [0.05, 0.1) is 10.9 Å². The lowest BCUT2D eigenvalue weighted by molar-refractivity contribution is -0.117. The Balaban J connectivity index is 1.83. The van der Waals surface area contributed by atoms with Crippen LogP contribution >= 0.6 is 0 Å². The first-order valence-corrected chi connectivity index (χ1v) is 12.4. The van der Waals surface area contributed by atoms with Gasteiger partial charge < -0.3 is 10.6 Å². The van der Waals surface area contributed by atoms with Gasteiger partial charge in [0.25, 0.3) is 11.5 Å². The maximum absolute atomic E-state index is 13.5. The Morgan fingerprint density at radius 2 is 1.68 bits per heavy atom. The van der Waals surface area contributed by atoms with Gasteiger partial charge in [0.15, 0.2) is 0 Å². The third-order valence-electron chi connectivity index (χ3n) is 6.29. The first-order valence-electron chi connectivity index (χ1n) is 12.4. The lowest BCUT2D eigenvalue weighted by atomic mass is 10.1. The molecular formula is C27H32N6O4. The molecule has 1 unspecified atom stereocenters. The van der Waals surface area contributed by atoms with Crippen molar-refractivity contribution >= 4 is 34.2 Å². The highest BCUT2D eigenvalue weighted by molar-refractivity contribution is 5.98. The molecule has 4 rings (SSSR count). The van der Waals surface area contributed by atoms with E-state index in [0.717, 1.165) is 22.2 Å². The molecule has 0 saturated heterocycles. The van der Waals surface area contributed by atoms with Crippen molar-refractivity contribution < 1.29 is 9.59 Å². The highest BCUT2D eigenvalue weighted by Crippen LogP contribution is 2.17. The van der Waals surface area contributed by atoms with Crippen molar-refractivity contribution in [2.75, 3.05) is 5.32 Å². The number of benzene rings is 2. The predicted octanol–water partition coefficient (Wildman–Crippen LogP) is 3.18. The molecule has 10 nitrogen and oxygen atoms in total. The van der Waals surface area contributed by atoms with Crippen LogP contribution in [0, 0.1) is 13.8 Å². The number of amides is 2. The zero-order valence-corrected chi connectivity index (χ0v) is 22.0. The summed E-state index contributed by atoms with van der Waals surface area (Å²) in [6, 6.07) is 10.00. The summed E-state index contributed by atoms with van der Waals surface area (Å²) in [6.07, 6.45) is 0.763. The van der Waals surface area contributed by atoms with Gasteiger partial charge in [0, 0.05) is 23.3 Å². The van der Waals surface area contributed by atoms with Crippen LogP contribution in [0.15, 0.2) is 46.0 Å². The monoisotopic (exact) mass is 504 g/mol. The minimum absolute atomic E-state index is 0.0293. The van der Waals surface area contributed by atoms with Crippen molar-refractivity contribution in [1.29, 1.82) is 0 Å². The molecular weight excluding hydrogens is 472 g/mol. The molecule has 2 aromatic heterocycles. The van der Waals surface area contributed by atoms with Crippen LogP contribution in [0.2, 0.25) is 0 Å². The van der Waals surface area contributed by atoms with Crippen molar-refractivity contribution in [3.63, 3.8) is 0 Å². The number of aryl methyl sites for hydroxylation is 2. The molecule has 0 fully saturated rings. The minimum atomic E-state index is -0.579. The highest BCUT2D eigenvalue weighted by atomic mass is 16.2. The van der Waals surface area contributed by atoms with Gasteiger partial charge in [-0.05, 0) is 82.5 Å². The summed E-state index contributed by atoms with van der Waals surface area (Å²) < 4.78 is 3.75. The van der Waals surface area contributed by atoms with Crippen LogP contribution in [0.25, 0.3) is 16.7 Å². The molecule has 194 valence electrons. The SMILES string of the molecule is CCC(C)NC(=O)c1ccc2c(=O)n(C(C)C)c3nn(CC(=O)Nc4cc(C)cc(C)c4)c(=O)n3c2c1. The van der Waals surface area contributed by atoms with Gasteiger partial charge in [-0.3, -0.25) is 19.0 Å². The van der Waals surface area contributed by atoms with Gasteiger partial charge in [-0.25, -0.2) is 13.9 Å². The maximum atomic E-state index is 13.5. The molecule has 2 aromatic carbocycles. The van der Waals surface area contributed by atoms with Crippen LogP contribution in [0.5, 0.6) is 0 Å². The van der Waals surface area contributed by atoms with E-state index < -0.39 is 11.6 Å². The first-order chi connectivity index (χ1) is 17.5. The number of hydrogen-bond acceptors (Lipinski definition) is 5. The van der Waals surface area contributed by atoms with E-state index in [2.05, 4.69) is 15.7 Å². The number of carbonyl (C=O) groups is 2. The topological polar surface area (TPSA) is 120 Å². The molecule has 1 atom stereocenters. The first kappa shape index (κ1) is 25.9. The number of nitrogens with zero attached hydrogens (tertiary/aromatic N) is 4. The average Bonchev–Trinajstić information content (AvgIpc) is 3.12. The molecule has 0 aliphatic carbocycles. The van der Waals surface area contributed by atoms with E-state index >= 15 is 0 Å². The van der Waals surface area contributed by atoms with Crippen LogP contribution in [0.4, 0.5) is 5.69 Å². The molecule has 2 amide bonds. The number of rotatable bonds is 7. The second-order valence-electron chi connectivity index (χ2n) is 9.78. The lowest BCUT2D eigenvalue weighted by Crippen LogP contribution is -2.32. The van der Waals surface area contributed by atoms with E-state index in [-0.39, 0.29) is 46.8 Å². The Hall–Kier alpha value is -4.21. The van der Waals surface area contributed by atoms with Gasteiger partial charge >= 0.3 is 5.69 Å². The van der Waals surface area contributed by atoms with Crippen LogP contribution < -0.4 is 21.9 Å². The molecule has 0 saturated carbocycles. The Kier molecular flexibility index (Phi) is 7.02. The lowest BCUT2D eigenvalue weighted by Gasteiger charge is -2.14. The Morgan fingerprint density at radius 3 is 2.30 bits per heavy atom. The number of anilines is 1. The predicted molar refractivity (Wildman–Crippen MR) is 143 cm³/mol. The van der Waals surface area contributed by atoms with Crippen LogP contribution in [-0.4, -0.2) is 36.6 Å². The van der Waals surface area contributed by atoms with Crippen molar-refractivity contribution in [3.8, 4) is 0 Å². The van der Waals surface area contributed by atoms with E-state index in [0.29, 0.717) is 11.3 Å². The standard InChI is InChI=1S/C27H32N6O4/c1-7-18(6)28-24(35)19-8-9-21-22(13-19)33-26(32(15(2)3)25(21)36)30-31(27(33)37)14-23(34)29-20-11-16(4)10-17(5)12-20/h8-13,15,18H,7,14H2,1-6H3,(H,28,35)(H,29,34).